The molecule has 22 heavy (non-hydrogen) atoms. The zero-order valence-electron chi connectivity index (χ0n) is 12.7. The molecule has 0 spiro atoms. The van der Waals surface area contributed by atoms with Gasteiger partial charge in [0.15, 0.2) is 5.60 Å². The Hall–Kier alpha value is -1.73. The molecule has 0 aromatic rings. The van der Waals surface area contributed by atoms with Crippen molar-refractivity contribution in [2.75, 3.05) is 6.61 Å². The Morgan fingerprint density at radius 3 is 2.36 bits per heavy atom. The van der Waals surface area contributed by atoms with Crippen LogP contribution in [0.2, 0.25) is 0 Å². The number of halogens is 1. The normalized spacial score (nSPS) is 29.0. The summed E-state index contributed by atoms with van der Waals surface area (Å²) in [6.07, 6.45) is 10.0. The van der Waals surface area contributed by atoms with Gasteiger partial charge in [0.05, 0.1) is 11.8 Å². The van der Waals surface area contributed by atoms with Gasteiger partial charge in [0, 0.05) is 5.03 Å². The summed E-state index contributed by atoms with van der Waals surface area (Å²) in [4.78, 5) is 24.7. The minimum Gasteiger partial charge on any atom is -0.460 e. The summed E-state index contributed by atoms with van der Waals surface area (Å²) in [5.74, 6) is 0.396. The lowest BCUT2D eigenvalue weighted by Gasteiger charge is -2.28. The lowest BCUT2D eigenvalue weighted by molar-refractivity contribution is -0.166. The molecule has 5 heteroatoms. The number of fused-ring (bicyclic) bond motifs is 2. The lowest BCUT2D eigenvalue weighted by Crippen LogP contribution is -2.39. The van der Waals surface area contributed by atoms with Crippen molar-refractivity contribution in [2.45, 2.75) is 25.9 Å². The van der Waals surface area contributed by atoms with E-state index in [0.717, 1.165) is 6.42 Å². The Labute approximate surface area is 135 Å². The van der Waals surface area contributed by atoms with Crippen LogP contribution in [0, 0.1) is 36.0 Å². The summed E-state index contributed by atoms with van der Waals surface area (Å²) in [6, 6.07) is 0. The summed E-state index contributed by atoms with van der Waals surface area (Å²) >= 11 is 5.61. The van der Waals surface area contributed by atoms with Crippen LogP contribution in [0.25, 0.3) is 0 Å². The van der Waals surface area contributed by atoms with Crippen LogP contribution < -0.4 is 0 Å². The van der Waals surface area contributed by atoms with Crippen LogP contribution in [0.3, 0.4) is 0 Å². The van der Waals surface area contributed by atoms with Crippen LogP contribution in [0.15, 0.2) is 23.8 Å². The van der Waals surface area contributed by atoms with Gasteiger partial charge in [0.2, 0.25) is 0 Å². The molecule has 2 rings (SSSR count). The van der Waals surface area contributed by atoms with Gasteiger partial charge in [-0.1, -0.05) is 36.3 Å². The van der Waals surface area contributed by atoms with E-state index in [9.17, 15) is 9.59 Å². The molecule has 0 amide bonds. The van der Waals surface area contributed by atoms with Crippen molar-refractivity contribution >= 4 is 23.5 Å². The summed E-state index contributed by atoms with van der Waals surface area (Å²) in [6.45, 7) is 6.69. The smallest absolute Gasteiger partial charge is 0.311 e. The molecule has 4 atom stereocenters. The monoisotopic (exact) mass is 322 g/mol. The fraction of sp³-hybridized carbons (Fsp3) is 0.529. The maximum absolute atomic E-state index is 12.5. The third-order valence-corrected chi connectivity index (χ3v) is 4.19. The maximum atomic E-state index is 12.5. The second-order valence-corrected chi connectivity index (χ2v) is 6.74. The second-order valence-electron chi connectivity index (χ2n) is 6.20. The van der Waals surface area contributed by atoms with Gasteiger partial charge in [-0.05, 0) is 32.1 Å². The first-order valence-corrected chi connectivity index (χ1v) is 7.52. The first kappa shape index (κ1) is 16.6. The Kier molecular flexibility index (Phi) is 4.67. The highest BCUT2D eigenvalue weighted by molar-refractivity contribution is 6.29. The third kappa shape index (κ3) is 3.36. The van der Waals surface area contributed by atoms with E-state index in [1.165, 1.54) is 0 Å². The molecule has 0 aliphatic heterocycles. The highest BCUT2D eigenvalue weighted by atomic mass is 35.5. The van der Waals surface area contributed by atoms with E-state index in [2.05, 4.69) is 12.5 Å². The molecule has 1 saturated carbocycles. The highest BCUT2D eigenvalue weighted by Gasteiger charge is 2.53. The number of terminal acetylenes is 1. The molecule has 0 aromatic carbocycles. The molecule has 0 saturated heterocycles. The lowest BCUT2D eigenvalue weighted by atomic mass is 9.83. The molecule has 118 valence electrons. The van der Waals surface area contributed by atoms with Gasteiger partial charge >= 0.3 is 11.9 Å². The molecule has 4 nitrogen and oxygen atoms in total. The Morgan fingerprint density at radius 2 is 1.86 bits per heavy atom. The zero-order valence-corrected chi connectivity index (χ0v) is 13.4. The molecule has 0 unspecified atom stereocenters. The molecular formula is C17H19ClO4. The van der Waals surface area contributed by atoms with Crippen LogP contribution in [0.1, 0.15) is 20.3 Å². The van der Waals surface area contributed by atoms with Crippen LogP contribution in [0.5, 0.6) is 0 Å². The predicted octanol–water partition coefficient (Wildman–Crippen LogP) is 2.68. The summed E-state index contributed by atoms with van der Waals surface area (Å²) in [7, 11) is 0. The van der Waals surface area contributed by atoms with E-state index < -0.39 is 29.4 Å². The number of esters is 2. The van der Waals surface area contributed by atoms with Gasteiger partial charge in [0.1, 0.15) is 6.61 Å². The van der Waals surface area contributed by atoms with Crippen molar-refractivity contribution in [3.8, 4) is 12.3 Å². The average Bonchev–Trinajstić information content (AvgIpc) is 3.04. The van der Waals surface area contributed by atoms with E-state index in [1.54, 1.807) is 13.8 Å². The van der Waals surface area contributed by atoms with Crippen molar-refractivity contribution in [2.24, 2.45) is 23.7 Å². The van der Waals surface area contributed by atoms with Crippen LogP contribution >= 0.6 is 11.6 Å². The third-order valence-electron chi connectivity index (χ3n) is 4.08. The zero-order chi connectivity index (χ0) is 16.5. The van der Waals surface area contributed by atoms with Gasteiger partial charge in [0.25, 0.3) is 0 Å². The quantitative estimate of drug-likeness (QED) is 0.443. The summed E-state index contributed by atoms with van der Waals surface area (Å²) < 4.78 is 10.5. The number of allylic oxidation sites excluding steroid dienone is 2. The Balaban J connectivity index is 2.13. The van der Waals surface area contributed by atoms with Gasteiger partial charge in [-0.25, -0.2) is 0 Å². The summed E-state index contributed by atoms with van der Waals surface area (Å²) in [5, 5.41) is 0.236. The SMILES string of the molecule is C#CC(C)(C)OC(=O)[C@@H]1[C@H](C(=O)OCC(=C)Cl)[C@H]2C=C[C@H]1C2. The first-order valence-electron chi connectivity index (χ1n) is 7.14. The standard InChI is InChI=1S/C17H19ClO4/c1-5-17(3,4)22-16(20)14-12-7-6-11(8-12)13(14)15(19)21-9-10(2)18/h1,6-7,11-14H,2,8-9H2,3-4H3/t11-,12-,13+,14-/m0/s1. The highest BCUT2D eigenvalue weighted by Crippen LogP contribution is 2.49. The number of carbonyl (C=O) groups is 2. The Morgan fingerprint density at radius 1 is 1.32 bits per heavy atom. The molecule has 0 N–H and O–H groups in total. The molecule has 2 bridgehead atoms. The minimum absolute atomic E-state index is 0.00686. The van der Waals surface area contributed by atoms with Crippen molar-refractivity contribution in [1.82, 2.24) is 0 Å². The van der Waals surface area contributed by atoms with E-state index >= 15 is 0 Å². The molecule has 2 aliphatic rings. The second kappa shape index (κ2) is 6.18. The largest absolute Gasteiger partial charge is 0.460 e. The fourth-order valence-corrected chi connectivity index (χ4v) is 3.11. The fourth-order valence-electron chi connectivity index (χ4n) is 3.06. The number of hydrogen-bond donors (Lipinski definition) is 0. The first-order chi connectivity index (χ1) is 10.2. The number of rotatable bonds is 5. The van der Waals surface area contributed by atoms with E-state index in [1.807, 2.05) is 12.2 Å². The number of ether oxygens (including phenoxy) is 2. The predicted molar refractivity (Wildman–Crippen MR) is 82.7 cm³/mol. The maximum Gasteiger partial charge on any atom is 0.311 e. The van der Waals surface area contributed by atoms with E-state index in [4.69, 9.17) is 27.5 Å². The van der Waals surface area contributed by atoms with Crippen LogP contribution in [0.4, 0.5) is 0 Å². The molecule has 0 aromatic heterocycles. The van der Waals surface area contributed by atoms with E-state index in [0.29, 0.717) is 0 Å². The van der Waals surface area contributed by atoms with Crippen molar-refractivity contribution in [3.05, 3.63) is 23.8 Å². The minimum atomic E-state index is -0.999. The Bertz CT molecular complexity index is 570. The van der Waals surface area contributed by atoms with E-state index in [-0.39, 0.29) is 23.5 Å². The molecule has 0 heterocycles. The van der Waals surface area contributed by atoms with Crippen molar-refractivity contribution < 1.29 is 19.1 Å². The van der Waals surface area contributed by atoms with Crippen LogP contribution in [-0.4, -0.2) is 24.1 Å². The van der Waals surface area contributed by atoms with Crippen LogP contribution in [-0.2, 0) is 19.1 Å². The number of carbonyl (C=O) groups excluding carboxylic acids is 2. The topological polar surface area (TPSA) is 52.6 Å². The molecule has 2 aliphatic carbocycles. The van der Waals surface area contributed by atoms with Gasteiger partial charge in [-0.15, -0.1) is 6.42 Å². The van der Waals surface area contributed by atoms with Gasteiger partial charge in [-0.3, -0.25) is 9.59 Å². The average molecular weight is 323 g/mol. The number of hydrogen-bond acceptors (Lipinski definition) is 4. The van der Waals surface area contributed by atoms with Gasteiger partial charge in [-0.2, -0.15) is 0 Å². The molecule has 0 radical (unpaired) electrons. The van der Waals surface area contributed by atoms with Crippen molar-refractivity contribution in [1.29, 1.82) is 0 Å². The molecular weight excluding hydrogens is 304 g/mol. The summed E-state index contributed by atoms with van der Waals surface area (Å²) in [5.41, 5.74) is -0.999. The van der Waals surface area contributed by atoms with Crippen molar-refractivity contribution in [3.63, 3.8) is 0 Å². The molecule has 1 fully saturated rings. The van der Waals surface area contributed by atoms with Gasteiger partial charge < -0.3 is 9.47 Å².